The maximum Gasteiger partial charge on any atom is 0.127 e. The van der Waals surface area contributed by atoms with Gasteiger partial charge in [-0.2, -0.15) is 0 Å². The molecule has 1 nitrogen and oxygen atoms in total. The van der Waals surface area contributed by atoms with Crippen LogP contribution in [0.4, 0.5) is 8.78 Å². The summed E-state index contributed by atoms with van der Waals surface area (Å²) in [7, 11) is 0. The summed E-state index contributed by atoms with van der Waals surface area (Å²) in [5.41, 5.74) is 2.73. The third-order valence-electron chi connectivity index (χ3n) is 3.15. The van der Waals surface area contributed by atoms with Crippen LogP contribution in [0.1, 0.15) is 16.7 Å². The highest BCUT2D eigenvalue weighted by Crippen LogP contribution is 2.10. The topological polar surface area (TPSA) is 12.0 Å². The summed E-state index contributed by atoms with van der Waals surface area (Å²) in [6.07, 6.45) is 0.806. The number of halogens is 2. The van der Waals surface area contributed by atoms with E-state index in [1.165, 1.54) is 18.2 Å². The van der Waals surface area contributed by atoms with Gasteiger partial charge in [-0.05, 0) is 49.2 Å². The van der Waals surface area contributed by atoms with Gasteiger partial charge in [0.15, 0.2) is 0 Å². The average Bonchev–Trinajstić information content (AvgIpc) is 2.38. The van der Waals surface area contributed by atoms with E-state index >= 15 is 0 Å². The third-order valence-corrected chi connectivity index (χ3v) is 3.15. The van der Waals surface area contributed by atoms with Crippen molar-refractivity contribution >= 4 is 0 Å². The Labute approximate surface area is 112 Å². The van der Waals surface area contributed by atoms with E-state index in [-0.39, 0.29) is 11.6 Å². The van der Waals surface area contributed by atoms with Gasteiger partial charge >= 0.3 is 0 Å². The molecule has 0 bridgehead atoms. The van der Waals surface area contributed by atoms with Gasteiger partial charge in [0.25, 0.3) is 0 Å². The van der Waals surface area contributed by atoms with Crippen molar-refractivity contribution in [1.29, 1.82) is 0 Å². The molecule has 1 N–H and O–H groups in total. The van der Waals surface area contributed by atoms with Crippen molar-refractivity contribution in [3.8, 4) is 0 Å². The Bertz CT molecular complexity index is 552. The standard InChI is InChI=1S/C16H17F2N/c1-12-10-15(17)7-6-13(12)8-9-19-11-14-4-2-3-5-16(14)18/h2-7,10,19H,8-9,11H2,1H3. The molecule has 2 aromatic rings. The van der Waals surface area contributed by atoms with Gasteiger partial charge in [-0.3, -0.25) is 0 Å². The van der Waals surface area contributed by atoms with E-state index in [0.717, 1.165) is 24.1 Å². The maximum atomic E-state index is 13.4. The first kappa shape index (κ1) is 13.7. The molecule has 0 aliphatic heterocycles. The Morgan fingerprint density at radius 3 is 2.53 bits per heavy atom. The van der Waals surface area contributed by atoms with Gasteiger partial charge in [-0.25, -0.2) is 8.78 Å². The van der Waals surface area contributed by atoms with Gasteiger partial charge in [-0.15, -0.1) is 0 Å². The van der Waals surface area contributed by atoms with E-state index in [2.05, 4.69) is 5.32 Å². The summed E-state index contributed by atoms with van der Waals surface area (Å²) < 4.78 is 26.3. The molecule has 0 aliphatic carbocycles. The van der Waals surface area contributed by atoms with E-state index in [1.54, 1.807) is 18.2 Å². The summed E-state index contributed by atoms with van der Waals surface area (Å²) in [6.45, 7) is 3.14. The second-order valence-corrected chi connectivity index (χ2v) is 4.59. The van der Waals surface area contributed by atoms with Gasteiger partial charge in [0.1, 0.15) is 11.6 Å². The SMILES string of the molecule is Cc1cc(F)ccc1CCNCc1ccccc1F. The Morgan fingerprint density at radius 2 is 1.79 bits per heavy atom. The second-order valence-electron chi connectivity index (χ2n) is 4.59. The number of nitrogens with one attached hydrogen (secondary N) is 1. The predicted octanol–water partition coefficient (Wildman–Crippen LogP) is 3.61. The smallest absolute Gasteiger partial charge is 0.127 e. The molecular formula is C16H17F2N. The third kappa shape index (κ3) is 3.86. The first-order valence-electron chi connectivity index (χ1n) is 6.36. The van der Waals surface area contributed by atoms with E-state index < -0.39 is 0 Å². The van der Waals surface area contributed by atoms with Gasteiger partial charge in [0, 0.05) is 12.1 Å². The summed E-state index contributed by atoms with van der Waals surface area (Å²) in [4.78, 5) is 0. The molecule has 3 heteroatoms. The van der Waals surface area contributed by atoms with Gasteiger partial charge in [-0.1, -0.05) is 24.3 Å². The second kappa shape index (κ2) is 6.43. The summed E-state index contributed by atoms with van der Waals surface area (Å²) in [5, 5.41) is 3.20. The van der Waals surface area contributed by atoms with Crippen LogP contribution >= 0.6 is 0 Å². The number of hydrogen-bond donors (Lipinski definition) is 1. The normalized spacial score (nSPS) is 10.7. The fraction of sp³-hybridized carbons (Fsp3) is 0.250. The summed E-state index contributed by atoms with van der Waals surface area (Å²) in [5.74, 6) is -0.395. The van der Waals surface area contributed by atoms with Crippen LogP contribution in [0.5, 0.6) is 0 Å². The molecule has 0 aliphatic rings. The molecule has 0 spiro atoms. The molecule has 0 aromatic heterocycles. The van der Waals surface area contributed by atoms with Gasteiger partial charge in [0.2, 0.25) is 0 Å². The van der Waals surface area contributed by atoms with Crippen molar-refractivity contribution in [2.24, 2.45) is 0 Å². The minimum absolute atomic E-state index is 0.187. The number of aryl methyl sites for hydroxylation is 1. The minimum atomic E-state index is -0.208. The van der Waals surface area contributed by atoms with Crippen LogP contribution in [0.2, 0.25) is 0 Å². The molecule has 2 rings (SSSR count). The minimum Gasteiger partial charge on any atom is -0.312 e. The molecule has 0 atom stereocenters. The quantitative estimate of drug-likeness (QED) is 0.811. The lowest BCUT2D eigenvalue weighted by Gasteiger charge is -2.08. The molecule has 19 heavy (non-hydrogen) atoms. The average molecular weight is 261 g/mol. The fourth-order valence-corrected chi connectivity index (χ4v) is 2.03. The molecular weight excluding hydrogens is 244 g/mol. The van der Waals surface area contributed by atoms with Crippen molar-refractivity contribution in [3.05, 3.63) is 70.8 Å². The largest absolute Gasteiger partial charge is 0.312 e. The molecule has 100 valence electrons. The Balaban J connectivity index is 1.83. The Morgan fingerprint density at radius 1 is 1.00 bits per heavy atom. The Kier molecular flexibility index (Phi) is 4.63. The van der Waals surface area contributed by atoms with E-state index in [4.69, 9.17) is 0 Å². The molecule has 0 radical (unpaired) electrons. The van der Waals surface area contributed by atoms with Crippen LogP contribution < -0.4 is 5.32 Å². The van der Waals surface area contributed by atoms with Crippen LogP contribution in [0, 0.1) is 18.6 Å². The first-order chi connectivity index (χ1) is 9.16. The van der Waals surface area contributed by atoms with E-state index in [0.29, 0.717) is 12.1 Å². The molecule has 0 fully saturated rings. The summed E-state index contributed by atoms with van der Waals surface area (Å²) >= 11 is 0. The molecule has 0 unspecified atom stereocenters. The molecule has 0 heterocycles. The van der Waals surface area contributed by atoms with Crippen LogP contribution in [-0.4, -0.2) is 6.54 Å². The van der Waals surface area contributed by atoms with Crippen molar-refractivity contribution < 1.29 is 8.78 Å². The first-order valence-corrected chi connectivity index (χ1v) is 6.36. The predicted molar refractivity (Wildman–Crippen MR) is 72.9 cm³/mol. The van der Waals surface area contributed by atoms with Crippen molar-refractivity contribution in [2.75, 3.05) is 6.54 Å². The van der Waals surface area contributed by atoms with Gasteiger partial charge in [0.05, 0.1) is 0 Å². The molecule has 0 saturated carbocycles. The summed E-state index contributed by atoms with van der Waals surface area (Å²) in [6, 6.07) is 11.5. The van der Waals surface area contributed by atoms with Crippen molar-refractivity contribution in [1.82, 2.24) is 5.32 Å². The lowest BCUT2D eigenvalue weighted by molar-refractivity contribution is 0.588. The number of benzene rings is 2. The van der Waals surface area contributed by atoms with Crippen LogP contribution in [0.25, 0.3) is 0 Å². The van der Waals surface area contributed by atoms with Crippen LogP contribution in [0.15, 0.2) is 42.5 Å². The number of hydrogen-bond acceptors (Lipinski definition) is 1. The van der Waals surface area contributed by atoms with Crippen molar-refractivity contribution in [2.45, 2.75) is 19.9 Å². The van der Waals surface area contributed by atoms with E-state index in [9.17, 15) is 8.78 Å². The zero-order chi connectivity index (χ0) is 13.7. The zero-order valence-electron chi connectivity index (χ0n) is 10.9. The highest BCUT2D eigenvalue weighted by Gasteiger charge is 2.02. The fourth-order valence-electron chi connectivity index (χ4n) is 2.03. The molecule has 2 aromatic carbocycles. The Hall–Kier alpha value is -1.74. The molecule has 0 amide bonds. The van der Waals surface area contributed by atoms with E-state index in [1.807, 2.05) is 13.0 Å². The zero-order valence-corrected chi connectivity index (χ0v) is 10.9. The number of rotatable bonds is 5. The van der Waals surface area contributed by atoms with Gasteiger partial charge < -0.3 is 5.32 Å². The highest BCUT2D eigenvalue weighted by molar-refractivity contribution is 5.26. The van der Waals surface area contributed by atoms with Crippen LogP contribution in [-0.2, 0) is 13.0 Å². The maximum absolute atomic E-state index is 13.4. The van der Waals surface area contributed by atoms with Crippen LogP contribution in [0.3, 0.4) is 0 Å². The van der Waals surface area contributed by atoms with Crippen molar-refractivity contribution in [3.63, 3.8) is 0 Å². The molecule has 0 saturated heterocycles. The lowest BCUT2D eigenvalue weighted by Crippen LogP contribution is -2.17. The monoisotopic (exact) mass is 261 g/mol. The highest BCUT2D eigenvalue weighted by atomic mass is 19.1. The lowest BCUT2D eigenvalue weighted by atomic mass is 10.1.